The van der Waals surface area contributed by atoms with Gasteiger partial charge in [-0.05, 0) is 49.3 Å². The van der Waals surface area contributed by atoms with E-state index >= 15 is 0 Å². The second kappa shape index (κ2) is 11.6. The summed E-state index contributed by atoms with van der Waals surface area (Å²) in [6.45, 7) is 5.46. The lowest BCUT2D eigenvalue weighted by molar-refractivity contribution is 0.308. The van der Waals surface area contributed by atoms with Gasteiger partial charge in [0.05, 0.1) is 37.0 Å². The van der Waals surface area contributed by atoms with Crippen molar-refractivity contribution in [1.29, 1.82) is 0 Å². The van der Waals surface area contributed by atoms with Crippen molar-refractivity contribution < 1.29 is 9.47 Å². The van der Waals surface area contributed by atoms with Crippen LogP contribution in [-0.4, -0.2) is 33.1 Å². The summed E-state index contributed by atoms with van der Waals surface area (Å²) in [5, 5.41) is 0.235. The smallest absolute Gasteiger partial charge is 0.272 e. The number of nitrogens with one attached hydrogen (secondary N) is 2. The molecule has 0 aliphatic heterocycles. The van der Waals surface area contributed by atoms with Gasteiger partial charge in [-0.25, -0.2) is 0 Å². The Morgan fingerprint density at radius 2 is 1.19 bits per heavy atom. The zero-order chi connectivity index (χ0) is 22.8. The van der Waals surface area contributed by atoms with Crippen LogP contribution in [0.4, 0.5) is 0 Å². The minimum Gasteiger partial charge on any atom is -0.492 e. The standard InChI is InChI=1S/C24H28N4O4/c1-3-5-11-31-19-9-7-17(25-15-19)13-21-23(29)28-22(24(30)27-21)14-18-8-10-20(16-26-18)32-12-6-4-2/h7-10,13-16H,3-6,11-12H2,1-2H3,(H,27,30)(H,28,29)/b21-13+,22-14?. The first-order chi connectivity index (χ1) is 15.6. The van der Waals surface area contributed by atoms with Crippen molar-refractivity contribution in [2.75, 3.05) is 13.2 Å². The van der Waals surface area contributed by atoms with Gasteiger partial charge in [-0.2, -0.15) is 0 Å². The van der Waals surface area contributed by atoms with Gasteiger partial charge in [0.2, 0.25) is 0 Å². The molecule has 3 rings (SSSR count). The second-order valence-electron chi connectivity index (χ2n) is 7.27. The number of unbranched alkanes of at least 4 members (excludes halogenated alkanes) is 2. The van der Waals surface area contributed by atoms with Crippen LogP contribution in [0.1, 0.15) is 50.9 Å². The highest BCUT2D eigenvalue weighted by molar-refractivity contribution is 5.45. The molecule has 0 radical (unpaired) electrons. The van der Waals surface area contributed by atoms with Gasteiger partial charge < -0.3 is 19.4 Å². The van der Waals surface area contributed by atoms with Gasteiger partial charge in [0.1, 0.15) is 22.2 Å². The summed E-state index contributed by atoms with van der Waals surface area (Å²) in [6, 6.07) is 7.02. The van der Waals surface area contributed by atoms with E-state index in [2.05, 4.69) is 33.8 Å². The molecule has 168 valence electrons. The maximum absolute atomic E-state index is 12.5. The Hall–Kier alpha value is -3.68. The highest BCUT2D eigenvalue weighted by Gasteiger charge is 2.00. The molecule has 3 aromatic heterocycles. The lowest BCUT2D eigenvalue weighted by Gasteiger charge is -2.04. The molecule has 0 aliphatic carbocycles. The van der Waals surface area contributed by atoms with Gasteiger partial charge >= 0.3 is 0 Å². The van der Waals surface area contributed by atoms with E-state index in [0.29, 0.717) is 36.1 Å². The number of hydrogen-bond acceptors (Lipinski definition) is 6. The van der Waals surface area contributed by atoms with Crippen molar-refractivity contribution in [3.05, 3.63) is 79.5 Å². The predicted molar refractivity (Wildman–Crippen MR) is 123 cm³/mol. The Morgan fingerprint density at radius 3 is 1.53 bits per heavy atom. The third-order valence-electron chi connectivity index (χ3n) is 4.62. The van der Waals surface area contributed by atoms with Crippen LogP contribution in [-0.2, 0) is 0 Å². The maximum atomic E-state index is 12.5. The largest absolute Gasteiger partial charge is 0.492 e. The summed E-state index contributed by atoms with van der Waals surface area (Å²) in [6.07, 6.45) is 10.3. The highest BCUT2D eigenvalue weighted by Crippen LogP contribution is 2.10. The molecular weight excluding hydrogens is 408 g/mol. The molecule has 2 N–H and O–H groups in total. The van der Waals surface area contributed by atoms with Crippen molar-refractivity contribution in [1.82, 2.24) is 19.9 Å². The van der Waals surface area contributed by atoms with Crippen LogP contribution < -0.4 is 31.3 Å². The first kappa shape index (κ1) is 23.0. The number of pyridine rings is 2. The van der Waals surface area contributed by atoms with Gasteiger partial charge in [0.25, 0.3) is 11.1 Å². The van der Waals surface area contributed by atoms with E-state index in [1.54, 1.807) is 36.7 Å². The molecule has 3 aromatic rings. The number of nitrogens with zero attached hydrogens (tertiary/aromatic N) is 2. The Kier molecular flexibility index (Phi) is 8.36. The quantitative estimate of drug-likeness (QED) is 0.470. The van der Waals surface area contributed by atoms with Crippen LogP contribution in [0.25, 0.3) is 12.2 Å². The van der Waals surface area contributed by atoms with Gasteiger partial charge in [-0.15, -0.1) is 0 Å². The SMILES string of the molecule is CCCCOc1ccc(C=c2[nH]c(=O)/c(=C\c3ccc(OCCCC)cn3)[nH]c2=O)nc1. The van der Waals surface area contributed by atoms with Crippen LogP contribution in [0, 0.1) is 0 Å². The summed E-state index contributed by atoms with van der Waals surface area (Å²) >= 11 is 0. The normalized spacial score (nSPS) is 12.2. The summed E-state index contributed by atoms with van der Waals surface area (Å²) in [5.41, 5.74) is 0.206. The topological polar surface area (TPSA) is 110 Å². The van der Waals surface area contributed by atoms with Gasteiger partial charge in [0, 0.05) is 0 Å². The van der Waals surface area contributed by atoms with Gasteiger partial charge in [-0.3, -0.25) is 19.6 Å². The fourth-order valence-corrected chi connectivity index (χ4v) is 2.79. The average Bonchev–Trinajstić information content (AvgIpc) is 2.80. The van der Waals surface area contributed by atoms with E-state index in [1.807, 2.05) is 0 Å². The number of H-pyrrole nitrogens is 2. The summed E-state index contributed by atoms with van der Waals surface area (Å²) in [5.74, 6) is 1.33. The third kappa shape index (κ3) is 6.66. The van der Waals surface area contributed by atoms with Crippen molar-refractivity contribution in [3.8, 4) is 11.5 Å². The van der Waals surface area contributed by atoms with Crippen molar-refractivity contribution >= 4 is 12.2 Å². The summed E-state index contributed by atoms with van der Waals surface area (Å²) in [4.78, 5) is 38.7. The molecule has 32 heavy (non-hydrogen) atoms. The molecule has 0 bridgehead atoms. The van der Waals surface area contributed by atoms with E-state index in [1.165, 1.54) is 12.2 Å². The van der Waals surface area contributed by atoms with Gasteiger partial charge in [0.15, 0.2) is 0 Å². The van der Waals surface area contributed by atoms with E-state index in [9.17, 15) is 9.59 Å². The van der Waals surface area contributed by atoms with Crippen molar-refractivity contribution in [2.24, 2.45) is 0 Å². The third-order valence-corrected chi connectivity index (χ3v) is 4.62. The number of ether oxygens (including phenoxy) is 2. The van der Waals surface area contributed by atoms with Crippen LogP contribution >= 0.6 is 0 Å². The van der Waals surface area contributed by atoms with Gasteiger partial charge in [-0.1, -0.05) is 26.7 Å². The second-order valence-corrected chi connectivity index (χ2v) is 7.27. The zero-order valence-corrected chi connectivity index (χ0v) is 18.4. The van der Waals surface area contributed by atoms with Crippen LogP contribution in [0.5, 0.6) is 11.5 Å². The van der Waals surface area contributed by atoms with E-state index in [0.717, 1.165) is 25.7 Å². The zero-order valence-electron chi connectivity index (χ0n) is 18.4. The first-order valence-corrected chi connectivity index (χ1v) is 10.8. The fourth-order valence-electron chi connectivity index (χ4n) is 2.79. The Balaban J connectivity index is 1.79. The van der Waals surface area contributed by atoms with Crippen LogP contribution in [0.2, 0.25) is 0 Å². The molecule has 0 amide bonds. The summed E-state index contributed by atoms with van der Waals surface area (Å²) < 4.78 is 11.2. The molecule has 0 aromatic carbocycles. The highest BCUT2D eigenvalue weighted by atomic mass is 16.5. The predicted octanol–water partition coefficient (Wildman–Crippen LogP) is 1.87. The fraction of sp³-hybridized carbons (Fsp3) is 0.333. The molecule has 0 unspecified atom stereocenters. The monoisotopic (exact) mass is 436 g/mol. The molecule has 0 fully saturated rings. The molecule has 0 spiro atoms. The number of aromatic amines is 2. The Morgan fingerprint density at radius 1 is 0.750 bits per heavy atom. The number of hydrogen-bond donors (Lipinski definition) is 2. The number of aromatic nitrogens is 4. The average molecular weight is 437 g/mol. The lowest BCUT2D eigenvalue weighted by atomic mass is 10.3. The van der Waals surface area contributed by atoms with E-state index in [4.69, 9.17) is 9.47 Å². The van der Waals surface area contributed by atoms with Crippen molar-refractivity contribution in [2.45, 2.75) is 39.5 Å². The van der Waals surface area contributed by atoms with Crippen molar-refractivity contribution in [3.63, 3.8) is 0 Å². The lowest BCUT2D eigenvalue weighted by Crippen LogP contribution is -2.46. The molecule has 0 saturated heterocycles. The van der Waals surface area contributed by atoms with Crippen LogP contribution in [0.3, 0.4) is 0 Å². The van der Waals surface area contributed by atoms with E-state index < -0.39 is 11.1 Å². The first-order valence-electron chi connectivity index (χ1n) is 10.8. The number of rotatable bonds is 10. The minimum absolute atomic E-state index is 0.118. The molecular formula is C24H28N4O4. The molecule has 0 aliphatic rings. The maximum Gasteiger partial charge on any atom is 0.272 e. The Labute approximate surface area is 185 Å². The van der Waals surface area contributed by atoms with E-state index in [-0.39, 0.29) is 10.7 Å². The molecule has 8 nitrogen and oxygen atoms in total. The minimum atomic E-state index is -0.430. The molecule has 0 saturated carbocycles. The molecule has 0 atom stereocenters. The Bertz CT molecular complexity index is 1130. The molecule has 3 heterocycles. The molecule has 8 heteroatoms. The van der Waals surface area contributed by atoms with Crippen LogP contribution in [0.15, 0.2) is 46.2 Å². The summed E-state index contributed by atoms with van der Waals surface area (Å²) in [7, 11) is 0.